The first-order valence-electron chi connectivity index (χ1n) is 7.02. The van der Waals surface area contributed by atoms with Gasteiger partial charge in [-0.05, 0) is 36.4 Å². The van der Waals surface area contributed by atoms with Crippen LogP contribution in [-0.2, 0) is 0 Å². The Kier molecular flexibility index (Phi) is 4.66. The van der Waals surface area contributed by atoms with Crippen LogP contribution in [0.15, 0.2) is 64.8 Å². The van der Waals surface area contributed by atoms with E-state index < -0.39 is 6.08 Å². The Hall–Kier alpha value is -3.42. The third-order valence-corrected chi connectivity index (χ3v) is 2.93. The van der Waals surface area contributed by atoms with E-state index in [0.29, 0.717) is 11.4 Å². The fraction of sp³-hybridized carbons (Fsp3) is 0.0625. The third-order valence-electron chi connectivity index (χ3n) is 2.93. The highest BCUT2D eigenvalue weighted by molar-refractivity contribution is 5.56. The standard InChI is InChI=1S/C16H13FN6O/c1-24-16-20-14(17)19-15(21-16)18-11-7-9-13(10-8-11)23-22-12-5-3-2-4-6-12/h2-10H,1H3,(H,18,19,20,21)/b23-22+. The third kappa shape index (κ3) is 4.07. The van der Waals surface area contributed by atoms with E-state index in [1.54, 1.807) is 24.3 Å². The van der Waals surface area contributed by atoms with Crippen molar-refractivity contribution in [2.24, 2.45) is 10.2 Å². The predicted octanol–water partition coefficient (Wildman–Crippen LogP) is 4.18. The number of aromatic nitrogens is 3. The van der Waals surface area contributed by atoms with Crippen LogP contribution in [-0.4, -0.2) is 22.1 Å². The Morgan fingerprint density at radius 3 is 2.21 bits per heavy atom. The maximum atomic E-state index is 13.2. The summed E-state index contributed by atoms with van der Waals surface area (Å²) in [6, 6.07) is 16.4. The van der Waals surface area contributed by atoms with E-state index in [9.17, 15) is 4.39 Å². The lowest BCUT2D eigenvalue weighted by Crippen LogP contribution is -2.03. The molecule has 1 aromatic heterocycles. The van der Waals surface area contributed by atoms with Gasteiger partial charge < -0.3 is 10.1 Å². The predicted molar refractivity (Wildman–Crippen MR) is 86.7 cm³/mol. The van der Waals surface area contributed by atoms with Crippen molar-refractivity contribution in [1.82, 2.24) is 15.0 Å². The smallest absolute Gasteiger partial charge is 0.323 e. The average molecular weight is 324 g/mol. The lowest BCUT2D eigenvalue weighted by molar-refractivity contribution is 0.363. The van der Waals surface area contributed by atoms with Gasteiger partial charge in [-0.1, -0.05) is 18.2 Å². The minimum atomic E-state index is -0.919. The lowest BCUT2D eigenvalue weighted by Gasteiger charge is -2.05. The summed E-state index contributed by atoms with van der Waals surface area (Å²) in [5.41, 5.74) is 2.12. The summed E-state index contributed by atoms with van der Waals surface area (Å²) in [5, 5.41) is 11.1. The van der Waals surface area contributed by atoms with E-state index in [4.69, 9.17) is 4.74 Å². The SMILES string of the molecule is COc1nc(F)nc(Nc2ccc(/N=N/c3ccccc3)cc2)n1. The number of ether oxygens (including phenoxy) is 1. The van der Waals surface area contributed by atoms with Crippen molar-refractivity contribution in [3.05, 3.63) is 60.7 Å². The Bertz CT molecular complexity index is 839. The molecule has 1 N–H and O–H groups in total. The fourth-order valence-electron chi connectivity index (χ4n) is 1.83. The molecule has 0 saturated carbocycles. The summed E-state index contributed by atoms with van der Waals surface area (Å²) >= 11 is 0. The van der Waals surface area contributed by atoms with Crippen LogP contribution in [0.5, 0.6) is 6.01 Å². The largest absolute Gasteiger partial charge is 0.467 e. The van der Waals surface area contributed by atoms with Gasteiger partial charge in [-0.15, -0.1) is 4.98 Å². The molecule has 1 heterocycles. The molecular weight excluding hydrogens is 311 g/mol. The van der Waals surface area contributed by atoms with Crippen molar-refractivity contribution in [1.29, 1.82) is 0 Å². The number of hydrogen-bond donors (Lipinski definition) is 1. The summed E-state index contributed by atoms with van der Waals surface area (Å²) in [6.07, 6.45) is -0.919. The highest BCUT2D eigenvalue weighted by Gasteiger charge is 2.06. The van der Waals surface area contributed by atoms with E-state index in [0.717, 1.165) is 5.69 Å². The first kappa shape index (κ1) is 15.5. The van der Waals surface area contributed by atoms with Gasteiger partial charge in [0, 0.05) is 5.69 Å². The maximum Gasteiger partial charge on any atom is 0.323 e. The number of benzene rings is 2. The Labute approximate surface area is 137 Å². The zero-order chi connectivity index (χ0) is 16.8. The highest BCUT2D eigenvalue weighted by Crippen LogP contribution is 2.21. The van der Waals surface area contributed by atoms with Gasteiger partial charge in [0.2, 0.25) is 5.95 Å². The quantitative estimate of drug-likeness (QED) is 0.712. The van der Waals surface area contributed by atoms with Crippen molar-refractivity contribution in [3.63, 3.8) is 0 Å². The normalized spacial score (nSPS) is 10.8. The molecule has 0 aliphatic heterocycles. The number of methoxy groups -OCH3 is 1. The minimum absolute atomic E-state index is 0.0537. The Morgan fingerprint density at radius 2 is 1.54 bits per heavy atom. The van der Waals surface area contributed by atoms with Crippen LogP contribution in [0.3, 0.4) is 0 Å². The molecule has 0 amide bonds. The number of azo groups is 1. The molecule has 0 atom stereocenters. The van der Waals surface area contributed by atoms with Crippen molar-refractivity contribution in [2.75, 3.05) is 12.4 Å². The molecule has 0 saturated heterocycles. The van der Waals surface area contributed by atoms with Gasteiger partial charge in [0.15, 0.2) is 0 Å². The Balaban J connectivity index is 1.71. The second-order valence-corrected chi connectivity index (χ2v) is 4.62. The summed E-state index contributed by atoms with van der Waals surface area (Å²) in [4.78, 5) is 10.8. The van der Waals surface area contributed by atoms with E-state index in [1.807, 2.05) is 30.3 Å². The summed E-state index contributed by atoms with van der Waals surface area (Å²) in [7, 11) is 1.35. The van der Waals surface area contributed by atoms with Crippen LogP contribution in [0.2, 0.25) is 0 Å². The number of anilines is 2. The molecule has 7 nitrogen and oxygen atoms in total. The summed E-state index contributed by atoms with van der Waals surface area (Å²) < 4.78 is 18.0. The van der Waals surface area contributed by atoms with Crippen LogP contribution in [0.1, 0.15) is 0 Å². The molecule has 120 valence electrons. The molecule has 0 radical (unpaired) electrons. The van der Waals surface area contributed by atoms with Gasteiger partial charge in [-0.3, -0.25) is 0 Å². The van der Waals surface area contributed by atoms with Crippen LogP contribution in [0, 0.1) is 6.08 Å². The van der Waals surface area contributed by atoms with Gasteiger partial charge in [0.1, 0.15) is 0 Å². The van der Waals surface area contributed by atoms with Crippen molar-refractivity contribution >= 4 is 23.0 Å². The van der Waals surface area contributed by atoms with Gasteiger partial charge in [0.05, 0.1) is 18.5 Å². The highest BCUT2D eigenvalue weighted by atomic mass is 19.1. The Morgan fingerprint density at radius 1 is 0.875 bits per heavy atom. The van der Waals surface area contributed by atoms with E-state index in [1.165, 1.54) is 7.11 Å². The minimum Gasteiger partial charge on any atom is -0.467 e. The average Bonchev–Trinajstić information content (AvgIpc) is 2.61. The van der Waals surface area contributed by atoms with Crippen molar-refractivity contribution in [3.8, 4) is 6.01 Å². The summed E-state index contributed by atoms with van der Waals surface area (Å²) in [5.74, 6) is 0.0537. The van der Waals surface area contributed by atoms with Gasteiger partial charge in [-0.2, -0.15) is 24.6 Å². The first-order valence-corrected chi connectivity index (χ1v) is 7.02. The molecule has 0 spiro atoms. The number of rotatable bonds is 5. The number of nitrogens with zero attached hydrogens (tertiary/aromatic N) is 5. The molecule has 3 rings (SSSR count). The molecule has 8 heteroatoms. The van der Waals surface area contributed by atoms with Crippen LogP contribution >= 0.6 is 0 Å². The van der Waals surface area contributed by atoms with E-state index >= 15 is 0 Å². The zero-order valence-electron chi connectivity index (χ0n) is 12.7. The second kappa shape index (κ2) is 7.23. The van der Waals surface area contributed by atoms with Gasteiger partial charge in [-0.25, -0.2) is 0 Å². The molecule has 0 bridgehead atoms. The first-order chi connectivity index (χ1) is 11.7. The fourth-order valence-corrected chi connectivity index (χ4v) is 1.83. The van der Waals surface area contributed by atoms with E-state index in [-0.39, 0.29) is 12.0 Å². The van der Waals surface area contributed by atoms with Gasteiger partial charge >= 0.3 is 12.1 Å². The molecule has 3 aromatic rings. The molecule has 0 aliphatic carbocycles. The maximum absolute atomic E-state index is 13.2. The van der Waals surface area contributed by atoms with E-state index in [2.05, 4.69) is 30.5 Å². The second-order valence-electron chi connectivity index (χ2n) is 4.62. The molecule has 0 aliphatic rings. The van der Waals surface area contributed by atoms with Crippen molar-refractivity contribution in [2.45, 2.75) is 0 Å². The van der Waals surface area contributed by atoms with Crippen molar-refractivity contribution < 1.29 is 9.13 Å². The number of hydrogen-bond acceptors (Lipinski definition) is 7. The van der Waals surface area contributed by atoms with Crippen LogP contribution in [0.25, 0.3) is 0 Å². The van der Waals surface area contributed by atoms with Gasteiger partial charge in [0.25, 0.3) is 0 Å². The lowest BCUT2D eigenvalue weighted by atomic mass is 10.3. The molecule has 24 heavy (non-hydrogen) atoms. The van der Waals surface area contributed by atoms with Crippen LogP contribution < -0.4 is 10.1 Å². The molecule has 0 unspecified atom stereocenters. The summed E-state index contributed by atoms with van der Waals surface area (Å²) in [6.45, 7) is 0. The topological polar surface area (TPSA) is 84.7 Å². The molecular formula is C16H13FN6O. The van der Waals surface area contributed by atoms with Crippen LogP contribution in [0.4, 0.5) is 27.4 Å². The molecule has 0 fully saturated rings. The monoisotopic (exact) mass is 324 g/mol. The number of nitrogens with one attached hydrogen (secondary N) is 1. The molecule has 2 aromatic carbocycles. The zero-order valence-corrected chi connectivity index (χ0v) is 12.7. The number of halogens is 1.